The molecule has 0 radical (unpaired) electrons. The lowest BCUT2D eigenvalue weighted by atomic mass is 9.89. The summed E-state index contributed by atoms with van der Waals surface area (Å²) in [7, 11) is 0. The number of hydrogen-bond acceptors (Lipinski definition) is 24. The van der Waals surface area contributed by atoms with Gasteiger partial charge in [0.05, 0.1) is 119 Å². The molecule has 113 heavy (non-hydrogen) atoms. The Balaban J connectivity index is 0.000000135. The smallest absolute Gasteiger partial charge is 0.280 e. The molecule has 0 unspecified atom stereocenters. The molecule has 0 bridgehead atoms. The first-order valence-corrected chi connectivity index (χ1v) is 37.8. The fourth-order valence-corrected chi connectivity index (χ4v) is 15.2. The maximum absolute atomic E-state index is 13.5. The molecule has 3 saturated carbocycles. The average molecular weight is 1550 g/mol. The van der Waals surface area contributed by atoms with Crippen LogP contribution in [0, 0.1) is 0 Å². The van der Waals surface area contributed by atoms with Gasteiger partial charge in [-0.1, -0.05) is 12.1 Å². The number of rotatable bonds is 21. The molecule has 0 aromatic carbocycles. The monoisotopic (exact) mass is 1550 g/mol. The molecule has 3 aliphatic carbocycles. The van der Waals surface area contributed by atoms with Crippen LogP contribution in [0.5, 0.6) is 0 Å². The highest BCUT2D eigenvalue weighted by molar-refractivity contribution is 6.06. The molecule has 12 aromatic heterocycles. The molecular weight excluding hydrogens is 1470 g/mol. The van der Waals surface area contributed by atoms with Gasteiger partial charge in [0.1, 0.15) is 53.6 Å². The van der Waals surface area contributed by atoms with E-state index in [2.05, 4.69) is 105 Å². The van der Waals surface area contributed by atoms with Gasteiger partial charge in [-0.3, -0.25) is 53.5 Å². The summed E-state index contributed by atoms with van der Waals surface area (Å²) in [6.45, 7) is 12.3. The van der Waals surface area contributed by atoms with Gasteiger partial charge in [-0.15, -0.1) is 0 Å². The number of halogens is 4. The molecule has 3 amide bonds. The van der Waals surface area contributed by atoms with Crippen molar-refractivity contribution in [2.24, 2.45) is 0 Å². The Morgan fingerprint density at radius 1 is 0.513 bits per heavy atom. The molecule has 590 valence electrons. The average Bonchev–Trinajstić information content (AvgIpc) is 1.64. The summed E-state index contributed by atoms with van der Waals surface area (Å²) in [4.78, 5) is 73.5. The number of hydrogen-bond donors (Lipinski definition) is 6. The van der Waals surface area contributed by atoms with Gasteiger partial charge in [-0.05, 0) is 128 Å². The van der Waals surface area contributed by atoms with E-state index in [1.807, 2.05) is 27.2 Å². The normalized spacial score (nSPS) is 21.0. The van der Waals surface area contributed by atoms with Gasteiger partial charge in [-0.25, -0.2) is 52.4 Å². The Hall–Kier alpha value is -11.8. The van der Waals surface area contributed by atoms with Crippen LogP contribution < -0.4 is 16.0 Å². The summed E-state index contributed by atoms with van der Waals surface area (Å²) in [5, 5.41) is 42.5. The van der Waals surface area contributed by atoms with Crippen LogP contribution in [0.25, 0.3) is 68.5 Å². The molecule has 5 aliphatic rings. The number of carbonyl (C=O) groups is 3. The number of pyridine rings is 2. The zero-order valence-corrected chi connectivity index (χ0v) is 62.1. The number of amides is 3. The minimum Gasteiger partial charge on any atom is -0.444 e. The number of nitrogens with one attached hydrogen (secondary N) is 6. The Labute approximate surface area is 643 Å². The minimum absolute atomic E-state index is 0.0590. The molecule has 0 spiro atoms. The maximum Gasteiger partial charge on any atom is 0.280 e. The SMILES string of the molecule is CCOC1CCC(n2cc(NC(=O)c3coc(-c4cn[nH]c4)n3)c(-c3ccncn3)n2)CC1.C[C@@H]1CN(C2CCC(n3cc(NC(=O)c4coc(-c5cn[nH]c5)n4)c(-c4cccc(C(F)F)n4)n3)CC2)C[C@H](C)O1.O=C(Nc1cn(C2CCC(N3CCOCC3)CC2)nc1-c1cccc(C(F)F)n1)c1coc(-c2cn[nH]c2)n1. The van der Waals surface area contributed by atoms with Crippen LogP contribution >= 0.6 is 0 Å². The van der Waals surface area contributed by atoms with Crippen LogP contribution in [0.15, 0.2) is 143 Å². The lowest BCUT2D eigenvalue weighted by molar-refractivity contribution is -0.0852. The number of anilines is 3. The molecule has 12 aromatic rings. The van der Waals surface area contributed by atoms with Crippen molar-refractivity contribution in [3.8, 4) is 68.5 Å². The predicted octanol–water partition coefficient (Wildman–Crippen LogP) is 12.9. The summed E-state index contributed by atoms with van der Waals surface area (Å²) in [6.07, 6.45) is 28.7. The van der Waals surface area contributed by atoms with Crippen molar-refractivity contribution in [1.29, 1.82) is 0 Å². The Bertz CT molecular complexity index is 5060. The van der Waals surface area contributed by atoms with Crippen LogP contribution in [0.4, 0.5) is 34.6 Å². The first-order valence-electron chi connectivity index (χ1n) is 37.8. The lowest BCUT2D eigenvalue weighted by Crippen LogP contribution is -2.51. The number of aromatic nitrogens is 19. The van der Waals surface area contributed by atoms with Crippen LogP contribution in [0.1, 0.15) is 172 Å². The van der Waals surface area contributed by atoms with Crippen LogP contribution in [-0.4, -0.2) is 199 Å². The van der Waals surface area contributed by atoms with Crippen molar-refractivity contribution in [3.63, 3.8) is 0 Å². The second-order valence-electron chi connectivity index (χ2n) is 28.3. The first kappa shape index (κ1) is 76.6. The molecule has 37 heteroatoms. The number of morpholine rings is 2. The van der Waals surface area contributed by atoms with Crippen molar-refractivity contribution in [2.45, 2.75) is 159 Å². The van der Waals surface area contributed by atoms with E-state index < -0.39 is 30.6 Å². The summed E-state index contributed by atoms with van der Waals surface area (Å²) < 4.78 is 92.8. The minimum atomic E-state index is -2.73. The fraction of sp³-hybridized carbons (Fsp3) is 0.421. The fourth-order valence-electron chi connectivity index (χ4n) is 15.2. The molecule has 33 nitrogen and oxygen atoms in total. The van der Waals surface area contributed by atoms with Crippen LogP contribution in [-0.2, 0) is 14.2 Å². The summed E-state index contributed by atoms with van der Waals surface area (Å²) in [5.41, 5.74) is 5.05. The number of aromatic amines is 3. The quantitative estimate of drug-likeness (QED) is 0.0364. The number of oxazole rings is 3. The van der Waals surface area contributed by atoms with Gasteiger partial charge in [0, 0.05) is 88.2 Å². The maximum atomic E-state index is 13.5. The van der Waals surface area contributed by atoms with E-state index >= 15 is 0 Å². The van der Waals surface area contributed by atoms with Gasteiger partial charge in [0.2, 0.25) is 17.7 Å². The van der Waals surface area contributed by atoms with Crippen molar-refractivity contribution < 1.29 is 59.4 Å². The van der Waals surface area contributed by atoms with E-state index in [4.69, 9.17) is 42.8 Å². The van der Waals surface area contributed by atoms with E-state index in [0.29, 0.717) is 80.6 Å². The van der Waals surface area contributed by atoms with Crippen molar-refractivity contribution >= 4 is 34.8 Å². The van der Waals surface area contributed by atoms with E-state index in [0.717, 1.165) is 123 Å². The largest absolute Gasteiger partial charge is 0.444 e. The van der Waals surface area contributed by atoms with Crippen molar-refractivity contribution in [2.75, 3.05) is 62.0 Å². The molecule has 14 heterocycles. The predicted molar refractivity (Wildman–Crippen MR) is 400 cm³/mol. The zero-order chi connectivity index (χ0) is 77.9. The Kier molecular flexibility index (Phi) is 23.9. The molecule has 2 atom stereocenters. The standard InChI is InChI=1S/C28H32F2N8O3.C26H28F2N8O3.C22H24N8O3/c1-16-12-37(13-17(2)41-16)19-6-8-20(9-7-19)38-14-23(25(36-38)21-4-3-5-22(33-21)26(29)30)34-27(39)24-15-40-28(35-24)18-10-31-32-11-18;27-24(28)20-3-1-2-19(31-20)23-21(32-25(37)22-15-39-26(33-22)16-12-29-30-13-16)14-36(34-23)18-6-4-17(5-7-18)35-8-10-38-11-9-35;1-2-32-16-5-3-15(4-6-16)30-11-18(20(29-30)17-7-8-23-13-24-17)27-21(31)19-12-33-22(28-19)14-9-25-26-10-14/h3-5,10-11,14-17,19-20,26H,6-9,12-13H2,1-2H3,(H,31,32)(H,34,39);1-3,12-15,17-18,24H,4-11H2,(H,29,30)(H,32,37);7-13,15-16H,2-6H2,1H3,(H,25,26)(H,27,31)/t16-,17+,19?,20?;;. The summed E-state index contributed by atoms with van der Waals surface area (Å²) >= 11 is 0. The number of ether oxygens (including phenoxy) is 3. The molecule has 17 rings (SSSR count). The molecule has 2 aliphatic heterocycles. The van der Waals surface area contributed by atoms with E-state index in [1.54, 1.807) is 61.6 Å². The lowest BCUT2D eigenvalue weighted by Gasteiger charge is -2.42. The van der Waals surface area contributed by atoms with Crippen LogP contribution in [0.2, 0.25) is 0 Å². The van der Waals surface area contributed by atoms with Gasteiger partial charge < -0.3 is 43.4 Å². The van der Waals surface area contributed by atoms with Gasteiger partial charge >= 0.3 is 0 Å². The number of nitrogens with zero attached hydrogens (tertiary/aromatic N) is 18. The van der Waals surface area contributed by atoms with Gasteiger partial charge in [0.15, 0.2) is 17.1 Å². The zero-order valence-electron chi connectivity index (χ0n) is 62.1. The number of alkyl halides is 4. The molecule has 6 N–H and O–H groups in total. The highest BCUT2D eigenvalue weighted by atomic mass is 19.3. The highest BCUT2D eigenvalue weighted by Gasteiger charge is 2.35. The van der Waals surface area contributed by atoms with Crippen molar-refractivity contribution in [1.82, 2.24) is 105 Å². The molecular formula is C76H84F4N24O9. The van der Waals surface area contributed by atoms with E-state index in [9.17, 15) is 31.9 Å². The second-order valence-corrected chi connectivity index (χ2v) is 28.3. The van der Waals surface area contributed by atoms with Crippen molar-refractivity contribution in [3.05, 3.63) is 158 Å². The van der Waals surface area contributed by atoms with Crippen LogP contribution in [0.3, 0.4) is 0 Å². The van der Waals surface area contributed by atoms with E-state index in [-0.39, 0.29) is 82.0 Å². The van der Waals surface area contributed by atoms with E-state index in [1.165, 1.54) is 61.8 Å². The highest BCUT2D eigenvalue weighted by Crippen LogP contribution is 2.40. The summed E-state index contributed by atoms with van der Waals surface area (Å²) in [5.74, 6) is -0.640. The third-order valence-corrected chi connectivity index (χ3v) is 20.7. The summed E-state index contributed by atoms with van der Waals surface area (Å²) in [6, 6.07) is 12.0. The molecule has 2 saturated heterocycles. The first-order chi connectivity index (χ1) is 55.1. The molecule has 5 fully saturated rings. The Morgan fingerprint density at radius 2 is 0.912 bits per heavy atom. The van der Waals surface area contributed by atoms with Gasteiger partial charge in [-0.2, -0.15) is 30.6 Å². The number of H-pyrrole nitrogens is 3. The third kappa shape index (κ3) is 18.4. The Morgan fingerprint density at radius 3 is 1.29 bits per heavy atom. The number of carbonyl (C=O) groups excluding carboxylic acids is 3. The van der Waals surface area contributed by atoms with Gasteiger partial charge in [0.25, 0.3) is 30.6 Å². The third-order valence-electron chi connectivity index (χ3n) is 20.7. The topological polar surface area (TPSA) is 391 Å². The second kappa shape index (κ2) is 35.3.